The van der Waals surface area contributed by atoms with Crippen LogP contribution in [-0.4, -0.2) is 29.6 Å². The molecule has 1 heterocycles. The largest absolute Gasteiger partial charge is 0.326 e. The number of rotatable bonds is 5. The SMILES string of the molecule is CC(=O)Nc1ccc(C(=O)N/N=C/[C@@H]2C(=O)N(c3ccccc3)N=C2C)cc1. The van der Waals surface area contributed by atoms with E-state index < -0.39 is 11.8 Å². The number of nitrogens with one attached hydrogen (secondary N) is 2. The van der Waals surface area contributed by atoms with Crippen LogP contribution in [0.5, 0.6) is 0 Å². The van der Waals surface area contributed by atoms with Crippen molar-refractivity contribution in [3.63, 3.8) is 0 Å². The molecule has 0 saturated carbocycles. The number of hydrogen-bond donors (Lipinski definition) is 2. The molecule has 28 heavy (non-hydrogen) atoms. The molecule has 3 amide bonds. The van der Waals surface area contributed by atoms with Crippen molar-refractivity contribution in [3.8, 4) is 0 Å². The van der Waals surface area contributed by atoms with Crippen molar-refractivity contribution < 1.29 is 14.4 Å². The van der Waals surface area contributed by atoms with Gasteiger partial charge in [0.2, 0.25) is 5.91 Å². The van der Waals surface area contributed by atoms with Crippen LogP contribution in [0.2, 0.25) is 0 Å². The number of carbonyl (C=O) groups excluding carboxylic acids is 3. The van der Waals surface area contributed by atoms with Crippen molar-refractivity contribution in [1.29, 1.82) is 0 Å². The van der Waals surface area contributed by atoms with E-state index in [1.54, 1.807) is 43.3 Å². The van der Waals surface area contributed by atoms with Gasteiger partial charge in [0.1, 0.15) is 5.92 Å². The van der Waals surface area contributed by atoms with Crippen LogP contribution in [0.15, 0.2) is 64.8 Å². The Kier molecular flexibility index (Phi) is 5.59. The van der Waals surface area contributed by atoms with Gasteiger partial charge in [0.15, 0.2) is 0 Å². The first-order valence-corrected chi connectivity index (χ1v) is 8.61. The highest BCUT2D eigenvalue weighted by atomic mass is 16.2. The maximum Gasteiger partial charge on any atom is 0.271 e. The Bertz CT molecular complexity index is 952. The quantitative estimate of drug-likeness (QED) is 0.618. The van der Waals surface area contributed by atoms with E-state index in [-0.39, 0.29) is 11.8 Å². The number of hydrazone groups is 2. The molecule has 2 aromatic rings. The Morgan fingerprint density at radius 2 is 1.79 bits per heavy atom. The normalized spacial score (nSPS) is 16.2. The van der Waals surface area contributed by atoms with Crippen molar-refractivity contribution in [2.75, 3.05) is 10.3 Å². The third-order valence-electron chi connectivity index (χ3n) is 4.04. The Hall–Kier alpha value is -3.81. The molecule has 2 N–H and O–H groups in total. The van der Waals surface area contributed by atoms with E-state index in [1.807, 2.05) is 18.2 Å². The number of nitrogens with zero attached hydrogens (tertiary/aromatic N) is 3. The first-order valence-electron chi connectivity index (χ1n) is 8.61. The Morgan fingerprint density at radius 1 is 1.11 bits per heavy atom. The molecule has 1 atom stereocenters. The number of carbonyl (C=O) groups is 3. The number of anilines is 2. The first kappa shape index (κ1) is 19.0. The molecule has 0 aromatic heterocycles. The maximum atomic E-state index is 12.6. The molecule has 142 valence electrons. The molecule has 8 heteroatoms. The molecule has 0 radical (unpaired) electrons. The maximum absolute atomic E-state index is 12.6. The fourth-order valence-electron chi connectivity index (χ4n) is 2.65. The highest BCUT2D eigenvalue weighted by Gasteiger charge is 2.33. The molecule has 0 bridgehead atoms. The monoisotopic (exact) mass is 377 g/mol. The summed E-state index contributed by atoms with van der Waals surface area (Å²) in [6.45, 7) is 3.14. The second-order valence-corrected chi connectivity index (χ2v) is 6.18. The summed E-state index contributed by atoms with van der Waals surface area (Å²) < 4.78 is 0. The Morgan fingerprint density at radius 3 is 2.43 bits per heavy atom. The number of amides is 3. The van der Waals surface area contributed by atoms with Crippen LogP contribution in [0.25, 0.3) is 0 Å². The lowest BCUT2D eigenvalue weighted by atomic mass is 10.1. The van der Waals surface area contributed by atoms with Crippen LogP contribution < -0.4 is 15.8 Å². The minimum absolute atomic E-state index is 0.190. The lowest BCUT2D eigenvalue weighted by molar-refractivity contribution is -0.118. The summed E-state index contributed by atoms with van der Waals surface area (Å²) in [7, 11) is 0. The Balaban J connectivity index is 1.61. The molecular weight excluding hydrogens is 358 g/mol. The average molecular weight is 377 g/mol. The summed E-state index contributed by atoms with van der Waals surface area (Å²) in [6, 6.07) is 15.5. The van der Waals surface area contributed by atoms with Gasteiger partial charge in [0.25, 0.3) is 11.8 Å². The zero-order valence-corrected chi connectivity index (χ0v) is 15.4. The number of para-hydroxylation sites is 1. The van der Waals surface area contributed by atoms with Gasteiger partial charge in [-0.05, 0) is 43.3 Å². The van der Waals surface area contributed by atoms with Gasteiger partial charge in [0.05, 0.1) is 11.4 Å². The summed E-state index contributed by atoms with van der Waals surface area (Å²) in [5.74, 6) is -1.49. The van der Waals surface area contributed by atoms with Crippen LogP contribution in [0, 0.1) is 5.92 Å². The van der Waals surface area contributed by atoms with Gasteiger partial charge < -0.3 is 5.32 Å². The summed E-state index contributed by atoms with van der Waals surface area (Å²) in [6.07, 6.45) is 1.37. The standard InChI is InChI=1S/C20H19N5O3/c1-13-18(20(28)25(24-13)17-6-4-3-5-7-17)12-21-23-19(27)15-8-10-16(11-9-15)22-14(2)26/h3-12,18H,1-2H3,(H,22,26)(H,23,27)/b21-12+/t18-/m0/s1. The van der Waals surface area contributed by atoms with Crippen LogP contribution in [0.3, 0.4) is 0 Å². The first-order chi connectivity index (χ1) is 13.5. The predicted molar refractivity (Wildman–Crippen MR) is 107 cm³/mol. The second kappa shape index (κ2) is 8.26. The molecule has 1 aliphatic rings. The predicted octanol–water partition coefficient (Wildman–Crippen LogP) is 2.40. The molecular formula is C20H19N5O3. The van der Waals surface area contributed by atoms with Crippen molar-refractivity contribution in [1.82, 2.24) is 5.43 Å². The van der Waals surface area contributed by atoms with Gasteiger partial charge >= 0.3 is 0 Å². The highest BCUT2D eigenvalue weighted by molar-refractivity contribution is 6.23. The molecule has 0 aliphatic carbocycles. The van der Waals surface area contributed by atoms with E-state index in [2.05, 4.69) is 20.9 Å². The third-order valence-corrected chi connectivity index (χ3v) is 4.04. The molecule has 0 fully saturated rings. The van der Waals surface area contributed by atoms with E-state index in [1.165, 1.54) is 18.1 Å². The van der Waals surface area contributed by atoms with Crippen LogP contribution in [0.4, 0.5) is 11.4 Å². The summed E-state index contributed by atoms with van der Waals surface area (Å²) in [5, 5.41) is 12.1. The average Bonchev–Trinajstić information content (AvgIpc) is 2.97. The van der Waals surface area contributed by atoms with Gasteiger partial charge in [0, 0.05) is 24.4 Å². The van der Waals surface area contributed by atoms with Crippen molar-refractivity contribution >= 4 is 41.0 Å². The lowest BCUT2D eigenvalue weighted by Crippen LogP contribution is -2.29. The highest BCUT2D eigenvalue weighted by Crippen LogP contribution is 2.22. The molecule has 2 aromatic carbocycles. The fourth-order valence-corrected chi connectivity index (χ4v) is 2.65. The topological polar surface area (TPSA) is 103 Å². The summed E-state index contributed by atoms with van der Waals surface area (Å²) in [4.78, 5) is 35.7. The van der Waals surface area contributed by atoms with Gasteiger partial charge in [-0.15, -0.1) is 0 Å². The molecule has 0 unspecified atom stereocenters. The van der Waals surface area contributed by atoms with Gasteiger partial charge in [-0.25, -0.2) is 5.43 Å². The zero-order valence-electron chi connectivity index (χ0n) is 15.4. The van der Waals surface area contributed by atoms with Crippen molar-refractivity contribution in [2.24, 2.45) is 16.1 Å². The summed E-state index contributed by atoms with van der Waals surface area (Å²) in [5.41, 5.74) is 4.63. The number of hydrogen-bond acceptors (Lipinski definition) is 5. The van der Waals surface area contributed by atoms with E-state index in [0.29, 0.717) is 22.6 Å². The molecule has 1 aliphatic heterocycles. The van der Waals surface area contributed by atoms with Crippen LogP contribution in [-0.2, 0) is 9.59 Å². The van der Waals surface area contributed by atoms with Crippen molar-refractivity contribution in [2.45, 2.75) is 13.8 Å². The fraction of sp³-hybridized carbons (Fsp3) is 0.150. The smallest absolute Gasteiger partial charge is 0.271 e. The van der Waals surface area contributed by atoms with Crippen molar-refractivity contribution in [3.05, 3.63) is 60.2 Å². The third kappa shape index (κ3) is 4.29. The van der Waals surface area contributed by atoms with Gasteiger partial charge in [-0.1, -0.05) is 18.2 Å². The minimum atomic E-state index is -0.636. The second-order valence-electron chi connectivity index (χ2n) is 6.18. The summed E-state index contributed by atoms with van der Waals surface area (Å²) >= 11 is 0. The molecule has 3 rings (SSSR count). The zero-order chi connectivity index (χ0) is 20.1. The Labute approximate surface area is 161 Å². The van der Waals surface area contributed by atoms with Crippen LogP contribution >= 0.6 is 0 Å². The van der Waals surface area contributed by atoms with E-state index in [0.717, 1.165) is 0 Å². The van der Waals surface area contributed by atoms with E-state index >= 15 is 0 Å². The van der Waals surface area contributed by atoms with Gasteiger partial charge in [-0.2, -0.15) is 15.2 Å². The van der Waals surface area contributed by atoms with E-state index in [9.17, 15) is 14.4 Å². The van der Waals surface area contributed by atoms with Gasteiger partial charge in [-0.3, -0.25) is 14.4 Å². The van der Waals surface area contributed by atoms with E-state index in [4.69, 9.17) is 0 Å². The molecule has 0 saturated heterocycles. The minimum Gasteiger partial charge on any atom is -0.326 e. The molecule has 0 spiro atoms. The number of benzene rings is 2. The lowest BCUT2D eigenvalue weighted by Gasteiger charge is -2.12. The molecule has 8 nitrogen and oxygen atoms in total. The van der Waals surface area contributed by atoms with Crippen LogP contribution in [0.1, 0.15) is 24.2 Å².